The van der Waals surface area contributed by atoms with Crippen LogP contribution in [0.2, 0.25) is 0 Å². The number of rotatable bonds is 6. The number of aliphatic hydroxyl groups is 2. The zero-order chi connectivity index (χ0) is 20.2. The van der Waals surface area contributed by atoms with E-state index in [1.807, 2.05) is 0 Å². The number of nitrogens with one attached hydrogen (secondary N) is 2. The van der Waals surface area contributed by atoms with Gasteiger partial charge in [0.05, 0.1) is 25.0 Å². The zero-order valence-electron chi connectivity index (χ0n) is 13.7. The highest BCUT2D eigenvalue weighted by Crippen LogP contribution is 2.28. The Hall–Kier alpha value is -2.51. The van der Waals surface area contributed by atoms with E-state index >= 15 is 0 Å². The monoisotopic (exact) mass is 394 g/mol. The van der Waals surface area contributed by atoms with Crippen molar-refractivity contribution in [1.82, 2.24) is 15.3 Å². The molecule has 0 aliphatic carbocycles. The van der Waals surface area contributed by atoms with Crippen molar-refractivity contribution >= 4 is 17.7 Å². The van der Waals surface area contributed by atoms with Crippen molar-refractivity contribution in [1.29, 1.82) is 0 Å². The van der Waals surface area contributed by atoms with Crippen molar-refractivity contribution in [3.05, 3.63) is 18.1 Å². The first-order valence-electron chi connectivity index (χ1n) is 7.70. The fraction of sp³-hybridized carbons (Fsp3) is 0.571. The van der Waals surface area contributed by atoms with Crippen LogP contribution in [0.25, 0.3) is 0 Å². The number of carbonyl (C=O) groups excluding carboxylic acids is 1. The number of alkyl halides is 3. The minimum atomic E-state index is -4.69. The molecule has 2 rings (SSSR count). The van der Waals surface area contributed by atoms with Gasteiger partial charge in [0.1, 0.15) is 30.6 Å². The summed E-state index contributed by atoms with van der Waals surface area (Å²) in [6, 6.07) is -0.983. The lowest BCUT2D eigenvalue weighted by molar-refractivity contribution is -0.146. The molecule has 1 aromatic heterocycles. The third-order valence-corrected chi connectivity index (χ3v) is 3.70. The lowest BCUT2D eigenvalue weighted by Crippen LogP contribution is -2.58. The van der Waals surface area contributed by atoms with Crippen LogP contribution in [0.3, 0.4) is 0 Å². The Labute approximate surface area is 150 Å². The summed E-state index contributed by atoms with van der Waals surface area (Å²) in [6.45, 7) is -0.462. The topological polar surface area (TPSA) is 154 Å². The van der Waals surface area contributed by atoms with E-state index in [1.54, 1.807) is 0 Å². The number of halogens is 3. The van der Waals surface area contributed by atoms with Gasteiger partial charge in [-0.15, -0.1) is 0 Å². The van der Waals surface area contributed by atoms with Gasteiger partial charge in [0.25, 0.3) is 0 Å². The number of nitrogens with zero attached hydrogens (tertiary/aromatic N) is 2. The van der Waals surface area contributed by atoms with Crippen LogP contribution in [0.1, 0.15) is 12.1 Å². The van der Waals surface area contributed by atoms with Crippen LogP contribution >= 0.6 is 0 Å². The lowest BCUT2D eigenvalue weighted by atomic mass is 9.98. The van der Waals surface area contributed by atoms with E-state index in [-0.39, 0.29) is 19.0 Å². The predicted molar refractivity (Wildman–Crippen MR) is 81.5 cm³/mol. The molecule has 5 N–H and O–H groups in total. The van der Waals surface area contributed by atoms with Crippen molar-refractivity contribution in [3.8, 4) is 0 Å². The smallest absolute Gasteiger partial charge is 0.434 e. The molecule has 0 saturated carbocycles. The molecule has 27 heavy (non-hydrogen) atoms. The summed E-state index contributed by atoms with van der Waals surface area (Å²) in [6.07, 6.45) is -7.84. The number of carboxylic acids is 1. The number of anilines is 1. The van der Waals surface area contributed by atoms with Crippen LogP contribution in [0.5, 0.6) is 0 Å². The molecule has 0 bridgehead atoms. The second kappa shape index (κ2) is 8.45. The highest BCUT2D eigenvalue weighted by atomic mass is 19.4. The molecule has 1 aliphatic heterocycles. The predicted octanol–water partition coefficient (Wildman–Crippen LogP) is -1.01. The molecule has 0 unspecified atom stereocenters. The minimum Gasteiger partial charge on any atom is -0.481 e. The third kappa shape index (κ3) is 5.74. The Morgan fingerprint density at radius 1 is 1.26 bits per heavy atom. The Morgan fingerprint density at radius 2 is 1.96 bits per heavy atom. The Morgan fingerprint density at radius 3 is 2.59 bits per heavy atom. The summed E-state index contributed by atoms with van der Waals surface area (Å²) < 4.78 is 43.2. The van der Waals surface area contributed by atoms with E-state index < -0.39 is 54.5 Å². The number of ether oxygens (including phenoxy) is 1. The van der Waals surface area contributed by atoms with Gasteiger partial charge >= 0.3 is 12.1 Å². The van der Waals surface area contributed by atoms with Gasteiger partial charge in [-0.3, -0.25) is 14.6 Å². The van der Waals surface area contributed by atoms with Crippen LogP contribution in [0, 0.1) is 0 Å². The van der Waals surface area contributed by atoms with Gasteiger partial charge in [-0.2, -0.15) is 13.2 Å². The molecular formula is C14H17F3N4O6. The first-order chi connectivity index (χ1) is 12.6. The SMILES string of the molecule is O=C(O)CC(=O)NC[C@H]1OC[C@H](Nc2cncc(C(F)(F)F)n2)[C@@H](O)[C@H]1O. The summed E-state index contributed by atoms with van der Waals surface area (Å²) in [4.78, 5) is 28.5. The van der Waals surface area contributed by atoms with Gasteiger partial charge in [-0.1, -0.05) is 0 Å². The number of hydrogen-bond acceptors (Lipinski definition) is 8. The molecule has 1 aromatic rings. The number of hydrogen-bond donors (Lipinski definition) is 5. The molecule has 10 nitrogen and oxygen atoms in total. The first kappa shape index (κ1) is 20.8. The number of aromatic nitrogens is 2. The van der Waals surface area contributed by atoms with E-state index in [1.165, 1.54) is 0 Å². The summed E-state index contributed by atoms with van der Waals surface area (Å²) in [5, 5.41) is 33.4. The Bertz CT molecular complexity index is 689. The van der Waals surface area contributed by atoms with Crippen LogP contribution < -0.4 is 10.6 Å². The van der Waals surface area contributed by atoms with E-state index in [4.69, 9.17) is 9.84 Å². The fourth-order valence-corrected chi connectivity index (χ4v) is 2.37. The zero-order valence-corrected chi connectivity index (χ0v) is 13.7. The molecule has 13 heteroatoms. The van der Waals surface area contributed by atoms with E-state index in [2.05, 4.69) is 20.6 Å². The van der Waals surface area contributed by atoms with E-state index in [0.717, 1.165) is 6.20 Å². The van der Waals surface area contributed by atoms with Crippen LogP contribution in [0.15, 0.2) is 12.4 Å². The summed E-state index contributed by atoms with van der Waals surface area (Å²) >= 11 is 0. The highest BCUT2D eigenvalue weighted by molar-refractivity contribution is 5.93. The molecule has 4 atom stereocenters. The van der Waals surface area contributed by atoms with Gasteiger partial charge < -0.3 is 30.7 Å². The third-order valence-electron chi connectivity index (χ3n) is 3.70. The molecular weight excluding hydrogens is 377 g/mol. The van der Waals surface area contributed by atoms with Gasteiger partial charge in [0.15, 0.2) is 5.69 Å². The fourth-order valence-electron chi connectivity index (χ4n) is 2.37. The van der Waals surface area contributed by atoms with Gasteiger partial charge in [0, 0.05) is 6.54 Å². The Balaban J connectivity index is 1.93. The maximum Gasteiger partial charge on any atom is 0.434 e. The quantitative estimate of drug-likeness (QED) is 0.382. The molecule has 1 aliphatic rings. The van der Waals surface area contributed by atoms with Gasteiger partial charge in [-0.05, 0) is 0 Å². The number of aliphatic hydroxyl groups excluding tert-OH is 2. The van der Waals surface area contributed by atoms with Crippen molar-refractivity contribution in [3.63, 3.8) is 0 Å². The second-order valence-corrected chi connectivity index (χ2v) is 5.77. The van der Waals surface area contributed by atoms with Crippen LogP contribution in [-0.4, -0.2) is 74.7 Å². The standard InChI is InChI=1S/C14H17F3N4O6/c15-14(16,17)8-3-18-4-9(21-8)20-6-5-27-7(13(26)12(6)25)2-19-10(22)1-11(23)24/h3-4,6-7,12-13,25-26H,1-2,5H2,(H,19,22)(H,20,21)(H,23,24)/t6-,7+,12+,13-/m0/s1. The van der Waals surface area contributed by atoms with E-state index in [9.17, 15) is 33.0 Å². The molecule has 0 radical (unpaired) electrons. The largest absolute Gasteiger partial charge is 0.481 e. The number of carboxylic acid groups (broad SMARTS) is 1. The highest BCUT2D eigenvalue weighted by Gasteiger charge is 2.39. The average Bonchev–Trinajstić information content (AvgIpc) is 2.57. The molecule has 2 heterocycles. The average molecular weight is 394 g/mol. The van der Waals surface area contributed by atoms with Crippen molar-refractivity contribution in [2.24, 2.45) is 0 Å². The molecule has 0 spiro atoms. The van der Waals surface area contributed by atoms with Crippen molar-refractivity contribution < 1.29 is 42.8 Å². The summed E-state index contributed by atoms with van der Waals surface area (Å²) in [5.41, 5.74) is -1.22. The second-order valence-electron chi connectivity index (χ2n) is 5.77. The maximum absolute atomic E-state index is 12.7. The van der Waals surface area contributed by atoms with Crippen molar-refractivity contribution in [2.75, 3.05) is 18.5 Å². The van der Waals surface area contributed by atoms with Crippen molar-refractivity contribution in [2.45, 2.75) is 37.0 Å². The summed E-state index contributed by atoms with van der Waals surface area (Å²) in [7, 11) is 0. The van der Waals surface area contributed by atoms with Gasteiger partial charge in [0.2, 0.25) is 5.91 Å². The van der Waals surface area contributed by atoms with E-state index in [0.29, 0.717) is 6.20 Å². The lowest BCUT2D eigenvalue weighted by Gasteiger charge is -2.38. The first-order valence-corrected chi connectivity index (χ1v) is 7.70. The minimum absolute atomic E-state index is 0.213. The normalized spacial score (nSPS) is 25.7. The summed E-state index contributed by atoms with van der Waals surface area (Å²) in [5.74, 6) is -2.39. The van der Waals surface area contributed by atoms with Crippen LogP contribution in [-0.2, 0) is 20.5 Å². The Kier molecular flexibility index (Phi) is 6.51. The molecule has 0 aromatic carbocycles. The van der Waals surface area contributed by atoms with Gasteiger partial charge in [-0.25, -0.2) is 4.98 Å². The molecule has 1 amide bonds. The maximum atomic E-state index is 12.7. The molecule has 1 fully saturated rings. The number of carbonyl (C=O) groups is 2. The van der Waals surface area contributed by atoms with Crippen LogP contribution in [0.4, 0.5) is 19.0 Å². The number of aliphatic carboxylic acids is 1. The molecule has 150 valence electrons. The molecule has 1 saturated heterocycles. The number of amides is 1.